The van der Waals surface area contributed by atoms with Gasteiger partial charge < -0.3 is 20.5 Å². The standard InChI is InChI=1S/C23H23N3O5/c1-2-3-12-31-23(30)19-6-4-5-7-20(19)26-22(29)17(14-24)15-25-18-10-8-16(9-11-18)13-21(27)28/h4-11,15,25H,2-3,12-13H2,1H3,(H,26,29)(H,27,28)/b17-15-. The number of esters is 1. The third-order valence-electron chi connectivity index (χ3n) is 4.18. The number of carbonyl (C=O) groups excluding carboxylic acids is 2. The molecule has 8 heteroatoms. The lowest BCUT2D eigenvalue weighted by atomic mass is 10.1. The Morgan fingerprint density at radius 2 is 1.84 bits per heavy atom. The first-order chi connectivity index (χ1) is 14.9. The van der Waals surface area contributed by atoms with Crippen molar-refractivity contribution in [1.82, 2.24) is 0 Å². The van der Waals surface area contributed by atoms with Crippen LogP contribution in [0.3, 0.4) is 0 Å². The van der Waals surface area contributed by atoms with Gasteiger partial charge in [-0.3, -0.25) is 9.59 Å². The fourth-order valence-electron chi connectivity index (χ4n) is 2.54. The summed E-state index contributed by atoms with van der Waals surface area (Å²) in [5.41, 5.74) is 1.44. The number of nitrogens with one attached hydrogen (secondary N) is 2. The zero-order valence-corrected chi connectivity index (χ0v) is 17.1. The fraction of sp³-hybridized carbons (Fsp3) is 0.217. The minimum atomic E-state index is -0.932. The molecule has 2 aromatic rings. The number of carboxylic acids is 1. The minimum absolute atomic E-state index is 0.0950. The second kappa shape index (κ2) is 11.8. The molecule has 0 saturated heterocycles. The van der Waals surface area contributed by atoms with E-state index in [4.69, 9.17) is 9.84 Å². The number of ether oxygens (including phenoxy) is 1. The van der Waals surface area contributed by atoms with Crippen LogP contribution in [0.1, 0.15) is 35.7 Å². The summed E-state index contributed by atoms with van der Waals surface area (Å²) in [6, 6.07) is 14.8. The molecule has 0 radical (unpaired) electrons. The third-order valence-corrected chi connectivity index (χ3v) is 4.18. The number of anilines is 2. The van der Waals surface area contributed by atoms with Crippen molar-refractivity contribution < 1.29 is 24.2 Å². The fourth-order valence-corrected chi connectivity index (χ4v) is 2.54. The average molecular weight is 421 g/mol. The van der Waals surface area contributed by atoms with Gasteiger partial charge in [-0.2, -0.15) is 5.26 Å². The van der Waals surface area contributed by atoms with Crippen molar-refractivity contribution in [3.8, 4) is 6.07 Å². The van der Waals surface area contributed by atoms with Gasteiger partial charge in [0.05, 0.1) is 24.3 Å². The lowest BCUT2D eigenvalue weighted by Crippen LogP contribution is -2.18. The van der Waals surface area contributed by atoms with E-state index in [1.165, 1.54) is 12.3 Å². The van der Waals surface area contributed by atoms with Gasteiger partial charge >= 0.3 is 11.9 Å². The summed E-state index contributed by atoms with van der Waals surface area (Å²) in [5, 5.41) is 23.5. The Balaban J connectivity index is 2.07. The summed E-state index contributed by atoms with van der Waals surface area (Å²) in [6.07, 6.45) is 2.77. The lowest BCUT2D eigenvalue weighted by Gasteiger charge is -2.10. The second-order valence-electron chi connectivity index (χ2n) is 6.57. The molecule has 0 spiro atoms. The summed E-state index contributed by atoms with van der Waals surface area (Å²) in [4.78, 5) is 35.5. The van der Waals surface area contributed by atoms with Crippen LogP contribution in [0.25, 0.3) is 0 Å². The SMILES string of the molecule is CCCCOC(=O)c1ccccc1NC(=O)/C(C#N)=C\Nc1ccc(CC(=O)O)cc1. The average Bonchev–Trinajstić information content (AvgIpc) is 2.75. The third kappa shape index (κ3) is 7.33. The summed E-state index contributed by atoms with van der Waals surface area (Å²) < 4.78 is 5.20. The molecule has 0 aliphatic carbocycles. The first-order valence-electron chi connectivity index (χ1n) is 9.69. The van der Waals surface area contributed by atoms with Crippen LogP contribution in [0, 0.1) is 11.3 Å². The van der Waals surface area contributed by atoms with E-state index >= 15 is 0 Å². The van der Waals surface area contributed by atoms with E-state index in [0.29, 0.717) is 11.3 Å². The highest BCUT2D eigenvalue weighted by molar-refractivity contribution is 6.09. The van der Waals surface area contributed by atoms with Gasteiger partial charge in [-0.1, -0.05) is 37.6 Å². The highest BCUT2D eigenvalue weighted by atomic mass is 16.5. The van der Waals surface area contributed by atoms with Crippen LogP contribution in [0.5, 0.6) is 0 Å². The Morgan fingerprint density at radius 1 is 1.13 bits per heavy atom. The molecule has 0 heterocycles. The van der Waals surface area contributed by atoms with E-state index in [9.17, 15) is 19.6 Å². The van der Waals surface area contributed by atoms with Crippen molar-refractivity contribution in [2.45, 2.75) is 26.2 Å². The Labute approximate surface area is 180 Å². The number of hydrogen-bond acceptors (Lipinski definition) is 6. The number of amides is 1. The first kappa shape index (κ1) is 23.2. The van der Waals surface area contributed by atoms with Gasteiger partial charge in [0.1, 0.15) is 11.6 Å². The maximum absolute atomic E-state index is 12.5. The maximum Gasteiger partial charge on any atom is 0.340 e. The van der Waals surface area contributed by atoms with Crippen LogP contribution in [-0.4, -0.2) is 29.6 Å². The first-order valence-corrected chi connectivity index (χ1v) is 9.69. The Hall–Kier alpha value is -4.12. The molecule has 31 heavy (non-hydrogen) atoms. The van der Waals surface area contributed by atoms with Crippen LogP contribution in [-0.2, 0) is 20.7 Å². The molecule has 0 fully saturated rings. The highest BCUT2D eigenvalue weighted by Gasteiger charge is 2.16. The normalized spacial score (nSPS) is 10.6. The molecule has 160 valence electrons. The van der Waals surface area contributed by atoms with E-state index in [-0.39, 0.29) is 29.9 Å². The summed E-state index contributed by atoms with van der Waals surface area (Å²) in [6.45, 7) is 2.27. The Kier molecular flexibility index (Phi) is 8.80. The molecule has 3 N–H and O–H groups in total. The molecule has 0 aliphatic heterocycles. The molecular formula is C23H23N3O5. The zero-order chi connectivity index (χ0) is 22.6. The van der Waals surface area contributed by atoms with E-state index in [0.717, 1.165) is 12.8 Å². The van der Waals surface area contributed by atoms with Gasteiger partial charge in [0, 0.05) is 11.9 Å². The number of para-hydroxylation sites is 1. The van der Waals surface area contributed by atoms with Crippen molar-refractivity contribution >= 4 is 29.2 Å². The van der Waals surface area contributed by atoms with E-state index < -0.39 is 17.8 Å². The summed E-state index contributed by atoms with van der Waals surface area (Å²) in [7, 11) is 0. The van der Waals surface area contributed by atoms with Crippen molar-refractivity contribution in [3.63, 3.8) is 0 Å². The van der Waals surface area contributed by atoms with Gasteiger partial charge in [0.15, 0.2) is 0 Å². The van der Waals surface area contributed by atoms with Crippen molar-refractivity contribution in [1.29, 1.82) is 5.26 Å². The van der Waals surface area contributed by atoms with E-state index in [1.54, 1.807) is 42.5 Å². The topological polar surface area (TPSA) is 129 Å². The van der Waals surface area contributed by atoms with Crippen LogP contribution in [0.4, 0.5) is 11.4 Å². The number of carboxylic acid groups (broad SMARTS) is 1. The molecule has 2 rings (SSSR count). The molecule has 0 atom stereocenters. The molecule has 0 aliphatic rings. The van der Waals surface area contributed by atoms with Gasteiger partial charge in [-0.05, 0) is 36.2 Å². The molecule has 1 amide bonds. The van der Waals surface area contributed by atoms with Crippen LogP contribution < -0.4 is 10.6 Å². The zero-order valence-electron chi connectivity index (χ0n) is 17.1. The lowest BCUT2D eigenvalue weighted by molar-refractivity contribution is -0.136. The number of nitrogens with zero attached hydrogens (tertiary/aromatic N) is 1. The smallest absolute Gasteiger partial charge is 0.340 e. The van der Waals surface area contributed by atoms with Crippen LogP contribution >= 0.6 is 0 Å². The molecule has 0 unspecified atom stereocenters. The predicted octanol–water partition coefficient (Wildman–Crippen LogP) is 3.73. The highest BCUT2D eigenvalue weighted by Crippen LogP contribution is 2.18. The quantitative estimate of drug-likeness (QED) is 0.231. The van der Waals surface area contributed by atoms with Crippen LogP contribution in [0.15, 0.2) is 60.3 Å². The van der Waals surface area contributed by atoms with Crippen LogP contribution in [0.2, 0.25) is 0 Å². The molecule has 0 saturated carbocycles. The molecule has 8 nitrogen and oxygen atoms in total. The number of hydrogen-bond donors (Lipinski definition) is 3. The van der Waals surface area contributed by atoms with Crippen molar-refractivity contribution in [3.05, 3.63) is 71.4 Å². The van der Waals surface area contributed by atoms with Gasteiger partial charge in [0.2, 0.25) is 0 Å². The van der Waals surface area contributed by atoms with E-state index in [1.807, 2.05) is 13.0 Å². The molecule has 2 aromatic carbocycles. The van der Waals surface area contributed by atoms with Gasteiger partial charge in [0.25, 0.3) is 5.91 Å². The summed E-state index contributed by atoms with van der Waals surface area (Å²) in [5.74, 6) is -2.17. The van der Waals surface area contributed by atoms with Gasteiger partial charge in [-0.25, -0.2) is 4.79 Å². The molecule has 0 aromatic heterocycles. The molecular weight excluding hydrogens is 398 g/mol. The second-order valence-corrected chi connectivity index (χ2v) is 6.57. The molecule has 0 bridgehead atoms. The number of benzene rings is 2. The van der Waals surface area contributed by atoms with E-state index in [2.05, 4.69) is 10.6 Å². The monoisotopic (exact) mass is 421 g/mol. The predicted molar refractivity (Wildman–Crippen MR) is 115 cm³/mol. The maximum atomic E-state index is 12.5. The van der Waals surface area contributed by atoms with Crippen molar-refractivity contribution in [2.24, 2.45) is 0 Å². The van der Waals surface area contributed by atoms with Gasteiger partial charge in [-0.15, -0.1) is 0 Å². The minimum Gasteiger partial charge on any atom is -0.481 e. The Bertz CT molecular complexity index is 1010. The Morgan fingerprint density at radius 3 is 2.48 bits per heavy atom. The van der Waals surface area contributed by atoms with Crippen molar-refractivity contribution in [2.75, 3.05) is 17.2 Å². The number of unbranched alkanes of at least 4 members (excludes halogenated alkanes) is 1. The largest absolute Gasteiger partial charge is 0.481 e. The summed E-state index contributed by atoms with van der Waals surface area (Å²) >= 11 is 0. The number of aliphatic carboxylic acids is 1. The number of carbonyl (C=O) groups is 3. The number of rotatable bonds is 10. The number of nitriles is 1.